The van der Waals surface area contributed by atoms with Crippen molar-refractivity contribution in [3.63, 3.8) is 0 Å². The third-order valence-electron chi connectivity index (χ3n) is 4.41. The van der Waals surface area contributed by atoms with Crippen molar-refractivity contribution in [3.8, 4) is 0 Å². The number of fused-ring (bicyclic) bond motifs is 1. The van der Waals surface area contributed by atoms with Gasteiger partial charge in [-0.05, 0) is 29.3 Å². The summed E-state index contributed by atoms with van der Waals surface area (Å²) in [6, 6.07) is 23.3. The van der Waals surface area contributed by atoms with Crippen molar-refractivity contribution in [3.05, 3.63) is 101 Å². The number of carbonyl (C=O) groups is 1. The zero-order chi connectivity index (χ0) is 18.1. The molecule has 0 aliphatic carbocycles. The normalized spacial score (nSPS) is 15.2. The molecular weight excluding hydrogens is 349 g/mol. The summed E-state index contributed by atoms with van der Waals surface area (Å²) in [6.07, 6.45) is 0. The van der Waals surface area contributed by atoms with Gasteiger partial charge >= 0.3 is 0 Å². The molecule has 0 spiro atoms. The van der Waals surface area contributed by atoms with Crippen LogP contribution in [0, 0.1) is 5.82 Å². The van der Waals surface area contributed by atoms with Crippen LogP contribution in [0.4, 0.5) is 10.1 Å². The van der Waals surface area contributed by atoms with Gasteiger partial charge in [-0.1, -0.05) is 72.3 Å². The summed E-state index contributed by atoms with van der Waals surface area (Å²) in [4.78, 5) is 14.8. The van der Waals surface area contributed by atoms with E-state index in [9.17, 15) is 9.18 Å². The van der Waals surface area contributed by atoms with E-state index in [2.05, 4.69) is 0 Å². The molecule has 26 heavy (non-hydrogen) atoms. The fourth-order valence-corrected chi connectivity index (χ4v) is 3.48. The molecule has 0 bridgehead atoms. The molecule has 0 N–H and O–H groups in total. The lowest BCUT2D eigenvalue weighted by atomic mass is 10.0. The van der Waals surface area contributed by atoms with Crippen molar-refractivity contribution < 1.29 is 9.18 Å². The van der Waals surface area contributed by atoms with Crippen LogP contribution in [-0.2, 0) is 11.3 Å². The first-order chi connectivity index (χ1) is 12.6. The SMILES string of the molecule is O=C1/C(=C(\Cl)c2ccccc2)c2cc(F)ccc2N1Cc1ccccc1. The first-order valence-corrected chi connectivity index (χ1v) is 8.64. The van der Waals surface area contributed by atoms with Crippen LogP contribution >= 0.6 is 11.6 Å². The van der Waals surface area contributed by atoms with E-state index in [0.29, 0.717) is 28.4 Å². The zero-order valence-corrected chi connectivity index (χ0v) is 14.6. The van der Waals surface area contributed by atoms with Crippen LogP contribution in [0.1, 0.15) is 16.7 Å². The van der Waals surface area contributed by atoms with Crippen molar-refractivity contribution in [2.24, 2.45) is 0 Å². The molecule has 4 heteroatoms. The highest BCUT2D eigenvalue weighted by molar-refractivity contribution is 6.59. The van der Waals surface area contributed by atoms with E-state index in [0.717, 1.165) is 11.1 Å². The van der Waals surface area contributed by atoms with Crippen molar-refractivity contribution in [1.82, 2.24) is 0 Å². The molecule has 1 amide bonds. The predicted molar refractivity (Wildman–Crippen MR) is 103 cm³/mol. The molecule has 0 aromatic heterocycles. The van der Waals surface area contributed by atoms with Gasteiger partial charge in [-0.25, -0.2) is 4.39 Å². The molecule has 1 heterocycles. The number of amides is 1. The van der Waals surface area contributed by atoms with Gasteiger partial charge < -0.3 is 4.90 Å². The molecule has 0 unspecified atom stereocenters. The van der Waals surface area contributed by atoms with Gasteiger partial charge in [-0.3, -0.25) is 4.79 Å². The summed E-state index contributed by atoms with van der Waals surface area (Å²) in [7, 11) is 0. The number of anilines is 1. The third-order valence-corrected chi connectivity index (χ3v) is 4.82. The summed E-state index contributed by atoms with van der Waals surface area (Å²) in [5, 5.41) is 0.331. The standard InChI is InChI=1S/C22H15ClFNO/c23-21(16-9-5-2-6-10-16)20-18-13-17(24)11-12-19(18)25(22(20)26)14-15-7-3-1-4-8-15/h1-13H,14H2/b21-20-. The first-order valence-electron chi connectivity index (χ1n) is 8.26. The number of benzene rings is 3. The maximum Gasteiger partial charge on any atom is 0.260 e. The average molecular weight is 364 g/mol. The Labute approximate surface area is 156 Å². The quantitative estimate of drug-likeness (QED) is 0.564. The van der Waals surface area contributed by atoms with Gasteiger partial charge in [0, 0.05) is 5.56 Å². The van der Waals surface area contributed by atoms with E-state index in [4.69, 9.17) is 11.6 Å². The van der Waals surface area contributed by atoms with Gasteiger partial charge in [-0.15, -0.1) is 0 Å². The highest BCUT2D eigenvalue weighted by Gasteiger charge is 2.35. The van der Waals surface area contributed by atoms with Gasteiger partial charge in [0.25, 0.3) is 5.91 Å². The Kier molecular flexibility index (Phi) is 4.31. The monoisotopic (exact) mass is 363 g/mol. The molecule has 0 radical (unpaired) electrons. The summed E-state index contributed by atoms with van der Waals surface area (Å²) in [6.45, 7) is 0.404. The van der Waals surface area contributed by atoms with E-state index in [1.165, 1.54) is 12.1 Å². The molecule has 1 aliphatic heterocycles. The van der Waals surface area contributed by atoms with Gasteiger partial charge in [-0.2, -0.15) is 0 Å². The Morgan fingerprint density at radius 2 is 1.58 bits per heavy atom. The minimum Gasteiger partial charge on any atom is -0.303 e. The van der Waals surface area contributed by atoms with Gasteiger partial charge in [0.1, 0.15) is 5.82 Å². The van der Waals surface area contributed by atoms with E-state index >= 15 is 0 Å². The lowest BCUT2D eigenvalue weighted by Gasteiger charge is -2.17. The summed E-state index contributed by atoms with van der Waals surface area (Å²) in [5.41, 5.74) is 3.26. The molecule has 0 saturated carbocycles. The molecule has 4 rings (SSSR count). The Balaban J connectivity index is 1.85. The maximum atomic E-state index is 13.9. The topological polar surface area (TPSA) is 20.3 Å². The Hall–Kier alpha value is -2.91. The van der Waals surface area contributed by atoms with E-state index in [1.54, 1.807) is 11.0 Å². The second kappa shape index (κ2) is 6.77. The molecule has 0 saturated heterocycles. The van der Waals surface area contributed by atoms with Gasteiger partial charge in [0.15, 0.2) is 0 Å². The molecule has 0 atom stereocenters. The van der Waals surface area contributed by atoms with Crippen LogP contribution in [0.2, 0.25) is 0 Å². The fraction of sp³-hybridized carbons (Fsp3) is 0.0455. The number of hydrogen-bond acceptors (Lipinski definition) is 1. The second-order valence-corrected chi connectivity index (χ2v) is 6.47. The smallest absolute Gasteiger partial charge is 0.260 e. The highest BCUT2D eigenvalue weighted by atomic mass is 35.5. The van der Waals surface area contributed by atoms with Gasteiger partial charge in [0.05, 0.1) is 22.8 Å². The fourth-order valence-electron chi connectivity index (χ4n) is 3.17. The van der Waals surface area contributed by atoms with Crippen molar-refractivity contribution in [2.75, 3.05) is 4.90 Å². The zero-order valence-electron chi connectivity index (χ0n) is 13.8. The average Bonchev–Trinajstić information content (AvgIpc) is 2.94. The minimum atomic E-state index is -0.395. The third kappa shape index (κ3) is 2.91. The Bertz CT molecular complexity index is 999. The van der Waals surface area contributed by atoms with E-state index in [-0.39, 0.29) is 5.91 Å². The molecule has 0 fully saturated rings. The van der Waals surface area contributed by atoms with Crippen LogP contribution in [0.3, 0.4) is 0 Å². The second-order valence-electron chi connectivity index (χ2n) is 6.09. The maximum absolute atomic E-state index is 13.9. The first kappa shape index (κ1) is 16.6. The van der Waals surface area contributed by atoms with Crippen LogP contribution in [0.5, 0.6) is 0 Å². The summed E-state index contributed by atoms with van der Waals surface area (Å²) >= 11 is 6.57. The summed E-state index contributed by atoms with van der Waals surface area (Å²) < 4.78 is 13.9. The molecular formula is C22H15ClFNO. The van der Waals surface area contributed by atoms with Gasteiger partial charge in [0.2, 0.25) is 0 Å². The summed E-state index contributed by atoms with van der Waals surface area (Å²) in [5.74, 6) is -0.614. The van der Waals surface area contributed by atoms with Crippen molar-refractivity contribution in [1.29, 1.82) is 0 Å². The molecule has 128 valence electrons. The van der Waals surface area contributed by atoms with Crippen molar-refractivity contribution >= 4 is 33.8 Å². The number of carbonyl (C=O) groups excluding carboxylic acids is 1. The van der Waals surface area contributed by atoms with E-state index in [1.807, 2.05) is 60.7 Å². The largest absolute Gasteiger partial charge is 0.303 e. The van der Waals surface area contributed by atoms with Crippen LogP contribution < -0.4 is 4.90 Å². The number of halogens is 2. The molecule has 2 nitrogen and oxygen atoms in total. The minimum absolute atomic E-state index is 0.219. The molecule has 1 aliphatic rings. The highest BCUT2D eigenvalue weighted by Crippen LogP contribution is 2.43. The van der Waals surface area contributed by atoms with Crippen LogP contribution in [0.15, 0.2) is 78.9 Å². The van der Waals surface area contributed by atoms with E-state index < -0.39 is 5.82 Å². The number of rotatable bonds is 3. The number of hydrogen-bond donors (Lipinski definition) is 0. The lowest BCUT2D eigenvalue weighted by molar-refractivity contribution is -0.113. The lowest BCUT2D eigenvalue weighted by Crippen LogP contribution is -2.25. The van der Waals surface area contributed by atoms with Crippen LogP contribution in [0.25, 0.3) is 10.6 Å². The molecule has 3 aromatic carbocycles. The Morgan fingerprint density at radius 3 is 2.27 bits per heavy atom. The number of nitrogens with zero attached hydrogens (tertiary/aromatic N) is 1. The predicted octanol–water partition coefficient (Wildman–Crippen LogP) is 5.48. The van der Waals surface area contributed by atoms with Crippen molar-refractivity contribution in [2.45, 2.75) is 6.54 Å². The molecule has 3 aromatic rings. The van der Waals surface area contributed by atoms with Crippen LogP contribution in [-0.4, -0.2) is 5.91 Å². The Morgan fingerprint density at radius 1 is 0.923 bits per heavy atom.